The number of benzene rings is 1. The van der Waals surface area contributed by atoms with Crippen LogP contribution >= 0.6 is 0 Å². The van der Waals surface area contributed by atoms with Crippen molar-refractivity contribution in [2.24, 2.45) is 5.92 Å². The second-order valence-electron chi connectivity index (χ2n) is 6.45. The third-order valence-electron chi connectivity index (χ3n) is 4.35. The molecule has 1 saturated carbocycles. The van der Waals surface area contributed by atoms with Gasteiger partial charge in [-0.15, -0.1) is 0 Å². The molecule has 1 aromatic rings. The van der Waals surface area contributed by atoms with E-state index in [2.05, 4.69) is 6.58 Å². The molecule has 3 rings (SSSR count). The fraction of sp³-hybridized carbons (Fsp3) is 0.471. The van der Waals surface area contributed by atoms with Gasteiger partial charge in [-0.05, 0) is 43.7 Å². The molecule has 1 aromatic carbocycles. The lowest BCUT2D eigenvalue weighted by Gasteiger charge is -2.37. The van der Waals surface area contributed by atoms with Gasteiger partial charge >= 0.3 is 0 Å². The van der Waals surface area contributed by atoms with E-state index in [4.69, 9.17) is 0 Å². The summed E-state index contributed by atoms with van der Waals surface area (Å²) < 4.78 is 0. The van der Waals surface area contributed by atoms with Crippen molar-refractivity contribution < 1.29 is 9.90 Å². The normalized spacial score (nSPS) is 19.9. The van der Waals surface area contributed by atoms with Crippen LogP contribution in [0.1, 0.15) is 48.2 Å². The van der Waals surface area contributed by atoms with Crippen molar-refractivity contribution in [1.29, 1.82) is 0 Å². The van der Waals surface area contributed by atoms with E-state index < -0.39 is 5.60 Å². The van der Waals surface area contributed by atoms with E-state index in [-0.39, 0.29) is 11.9 Å². The van der Waals surface area contributed by atoms with E-state index >= 15 is 0 Å². The zero-order chi connectivity index (χ0) is 14.5. The fourth-order valence-corrected chi connectivity index (χ4v) is 3.43. The van der Waals surface area contributed by atoms with Gasteiger partial charge in [0.25, 0.3) is 5.91 Å². The molecule has 106 valence electrons. The Hall–Kier alpha value is -1.61. The number of rotatable bonds is 4. The Kier molecular flexibility index (Phi) is 2.98. The van der Waals surface area contributed by atoms with Crippen LogP contribution in [0, 0.1) is 5.92 Å². The highest BCUT2D eigenvalue weighted by atomic mass is 16.3. The lowest BCUT2D eigenvalue weighted by molar-refractivity contribution is -0.0224. The number of aliphatic hydroxyl groups is 1. The minimum Gasteiger partial charge on any atom is -0.388 e. The van der Waals surface area contributed by atoms with Gasteiger partial charge in [0, 0.05) is 6.54 Å². The number of fused-ring (bicyclic) bond motifs is 1. The van der Waals surface area contributed by atoms with Crippen LogP contribution in [0.4, 0.5) is 0 Å². The molecule has 1 unspecified atom stereocenters. The maximum Gasteiger partial charge on any atom is 0.255 e. The molecule has 1 fully saturated rings. The van der Waals surface area contributed by atoms with Gasteiger partial charge < -0.3 is 10.0 Å². The van der Waals surface area contributed by atoms with E-state index in [1.165, 1.54) is 0 Å². The standard InChI is InChI=1S/C17H21NO2/c1-4-11-6-5-7-13-10-18(16(19)14(11)13)15(12-8-9-12)17(2,3)20/h4-7,12,15,20H,1,8-10H2,2-3H3. The third-order valence-corrected chi connectivity index (χ3v) is 4.35. The minimum absolute atomic E-state index is 0.0366. The van der Waals surface area contributed by atoms with Crippen LogP contribution in [0.5, 0.6) is 0 Å². The summed E-state index contributed by atoms with van der Waals surface area (Å²) in [6.07, 6.45) is 3.93. The molecule has 0 aromatic heterocycles. The van der Waals surface area contributed by atoms with Gasteiger partial charge in [-0.3, -0.25) is 4.79 Å². The molecular weight excluding hydrogens is 250 g/mol. The molecule has 1 amide bonds. The molecule has 0 radical (unpaired) electrons. The van der Waals surface area contributed by atoms with Gasteiger partial charge in [-0.25, -0.2) is 0 Å². The van der Waals surface area contributed by atoms with E-state index in [9.17, 15) is 9.90 Å². The Morgan fingerprint density at radius 2 is 2.15 bits per heavy atom. The summed E-state index contributed by atoms with van der Waals surface area (Å²) in [5, 5.41) is 10.5. The molecule has 3 nitrogen and oxygen atoms in total. The van der Waals surface area contributed by atoms with Crippen molar-refractivity contribution in [1.82, 2.24) is 4.90 Å². The second kappa shape index (κ2) is 4.45. The Bertz CT molecular complexity index is 567. The van der Waals surface area contributed by atoms with E-state index in [1.807, 2.05) is 23.1 Å². The first kappa shape index (κ1) is 13.4. The second-order valence-corrected chi connectivity index (χ2v) is 6.45. The van der Waals surface area contributed by atoms with Crippen LogP contribution in [-0.4, -0.2) is 27.6 Å². The number of hydrogen-bond acceptors (Lipinski definition) is 2. The summed E-state index contributed by atoms with van der Waals surface area (Å²) in [4.78, 5) is 14.6. The Morgan fingerprint density at radius 3 is 2.70 bits per heavy atom. The van der Waals surface area contributed by atoms with Crippen molar-refractivity contribution in [3.8, 4) is 0 Å². The van der Waals surface area contributed by atoms with Crippen molar-refractivity contribution >= 4 is 12.0 Å². The molecule has 1 N–H and O–H groups in total. The molecular formula is C17H21NO2. The zero-order valence-electron chi connectivity index (χ0n) is 12.1. The van der Waals surface area contributed by atoms with Crippen molar-refractivity contribution in [2.75, 3.05) is 0 Å². The molecule has 1 aliphatic carbocycles. The monoisotopic (exact) mass is 271 g/mol. The highest BCUT2D eigenvalue weighted by molar-refractivity contribution is 6.01. The number of nitrogens with zero attached hydrogens (tertiary/aromatic N) is 1. The lowest BCUT2D eigenvalue weighted by atomic mass is 9.93. The van der Waals surface area contributed by atoms with Gasteiger partial charge in [-0.1, -0.05) is 30.9 Å². The average molecular weight is 271 g/mol. The Balaban J connectivity index is 1.99. The Morgan fingerprint density at radius 1 is 1.45 bits per heavy atom. The molecule has 2 aliphatic rings. The quantitative estimate of drug-likeness (QED) is 0.914. The van der Waals surface area contributed by atoms with Gasteiger partial charge in [0.15, 0.2) is 0 Å². The highest BCUT2D eigenvalue weighted by Crippen LogP contribution is 2.43. The SMILES string of the molecule is C=Cc1cccc2c1C(=O)N(C(C1CC1)C(C)(C)O)C2. The largest absolute Gasteiger partial charge is 0.388 e. The first-order valence-corrected chi connectivity index (χ1v) is 7.21. The average Bonchev–Trinajstić information content (AvgIpc) is 3.14. The number of hydrogen-bond donors (Lipinski definition) is 1. The van der Waals surface area contributed by atoms with Crippen molar-refractivity contribution in [2.45, 2.75) is 44.9 Å². The topological polar surface area (TPSA) is 40.5 Å². The summed E-state index contributed by atoms with van der Waals surface area (Å²) in [5.41, 5.74) is 1.83. The number of carbonyl (C=O) groups excluding carboxylic acids is 1. The molecule has 20 heavy (non-hydrogen) atoms. The smallest absolute Gasteiger partial charge is 0.255 e. The van der Waals surface area contributed by atoms with Crippen LogP contribution in [0.3, 0.4) is 0 Å². The van der Waals surface area contributed by atoms with Crippen LogP contribution in [0.25, 0.3) is 6.08 Å². The molecule has 1 aliphatic heterocycles. The van der Waals surface area contributed by atoms with E-state index in [0.29, 0.717) is 12.5 Å². The number of carbonyl (C=O) groups is 1. The number of amides is 1. The van der Waals surface area contributed by atoms with Gasteiger partial charge in [-0.2, -0.15) is 0 Å². The molecule has 1 heterocycles. The van der Waals surface area contributed by atoms with Gasteiger partial charge in [0.05, 0.1) is 17.2 Å². The molecule has 1 atom stereocenters. The summed E-state index contributed by atoms with van der Waals surface area (Å²) in [7, 11) is 0. The maximum absolute atomic E-state index is 12.8. The molecule has 0 bridgehead atoms. The highest BCUT2D eigenvalue weighted by Gasteiger charge is 2.47. The zero-order valence-corrected chi connectivity index (χ0v) is 12.1. The molecule has 3 heteroatoms. The maximum atomic E-state index is 12.8. The van der Waals surface area contributed by atoms with E-state index in [1.54, 1.807) is 19.9 Å². The fourth-order valence-electron chi connectivity index (χ4n) is 3.43. The van der Waals surface area contributed by atoms with Crippen LogP contribution in [0.2, 0.25) is 0 Å². The van der Waals surface area contributed by atoms with Gasteiger partial charge in [0.2, 0.25) is 0 Å². The summed E-state index contributed by atoms with van der Waals surface area (Å²) in [6, 6.07) is 5.78. The first-order chi connectivity index (χ1) is 9.43. The molecule has 0 saturated heterocycles. The summed E-state index contributed by atoms with van der Waals surface area (Å²) in [5.74, 6) is 0.468. The minimum atomic E-state index is -0.868. The van der Waals surface area contributed by atoms with Crippen molar-refractivity contribution in [3.63, 3.8) is 0 Å². The summed E-state index contributed by atoms with van der Waals surface area (Å²) >= 11 is 0. The predicted octanol–water partition coefficient (Wildman–Crippen LogP) is 2.83. The van der Waals surface area contributed by atoms with Crippen molar-refractivity contribution in [3.05, 3.63) is 41.5 Å². The van der Waals surface area contributed by atoms with Crippen LogP contribution in [-0.2, 0) is 6.54 Å². The van der Waals surface area contributed by atoms with Gasteiger partial charge in [0.1, 0.15) is 0 Å². The third kappa shape index (κ3) is 2.06. The summed E-state index contributed by atoms with van der Waals surface area (Å²) in [6.45, 7) is 8.00. The van der Waals surface area contributed by atoms with Crippen LogP contribution in [0.15, 0.2) is 24.8 Å². The lowest BCUT2D eigenvalue weighted by Crippen LogP contribution is -2.51. The van der Waals surface area contributed by atoms with E-state index in [0.717, 1.165) is 29.5 Å². The molecule has 0 spiro atoms. The van der Waals surface area contributed by atoms with Crippen LogP contribution < -0.4 is 0 Å². The first-order valence-electron chi connectivity index (χ1n) is 7.21. The Labute approximate surface area is 119 Å². The predicted molar refractivity (Wildman–Crippen MR) is 79.2 cm³/mol.